The topological polar surface area (TPSA) is 86.2 Å². The average Bonchev–Trinajstić information content (AvgIpc) is 2.82. The van der Waals surface area contributed by atoms with Crippen LogP contribution in [0.25, 0.3) is 10.9 Å². The zero-order chi connectivity index (χ0) is 22.0. The highest BCUT2D eigenvalue weighted by Gasteiger charge is 2.37. The lowest BCUT2D eigenvalue weighted by Crippen LogP contribution is -2.43. The van der Waals surface area contributed by atoms with E-state index >= 15 is 0 Å². The molecule has 2 aromatic carbocycles. The number of piperidine rings is 1. The van der Waals surface area contributed by atoms with E-state index in [1.165, 1.54) is 6.33 Å². The van der Waals surface area contributed by atoms with E-state index in [1.54, 1.807) is 28.4 Å². The van der Waals surface area contributed by atoms with Gasteiger partial charge in [0.05, 0.1) is 39.4 Å². The predicted octanol–water partition coefficient (Wildman–Crippen LogP) is 3.15. The van der Waals surface area contributed by atoms with Crippen LogP contribution in [0.15, 0.2) is 36.7 Å². The quantitative estimate of drug-likeness (QED) is 0.645. The van der Waals surface area contributed by atoms with Gasteiger partial charge in [0, 0.05) is 18.7 Å². The van der Waals surface area contributed by atoms with Crippen molar-refractivity contribution in [3.8, 4) is 23.0 Å². The SMILES string of the molecule is COc1ccccc1C1(O)CCN(c2ncnc3c(OC)c(OC)c(OC)cc23)CC1. The highest BCUT2D eigenvalue weighted by Crippen LogP contribution is 2.45. The van der Waals surface area contributed by atoms with Crippen molar-refractivity contribution >= 4 is 16.7 Å². The molecule has 0 saturated carbocycles. The number of hydrogen-bond acceptors (Lipinski definition) is 8. The van der Waals surface area contributed by atoms with Crippen LogP contribution in [0, 0.1) is 0 Å². The number of aromatic nitrogens is 2. The molecule has 0 spiro atoms. The summed E-state index contributed by atoms with van der Waals surface area (Å²) in [6, 6.07) is 9.50. The molecule has 0 radical (unpaired) electrons. The largest absolute Gasteiger partial charge is 0.496 e. The molecular weight excluding hydrogens is 398 g/mol. The normalized spacial score (nSPS) is 15.6. The van der Waals surface area contributed by atoms with Crippen LogP contribution in [-0.4, -0.2) is 56.6 Å². The number of anilines is 1. The number of benzene rings is 2. The van der Waals surface area contributed by atoms with Gasteiger partial charge in [-0.05, 0) is 25.0 Å². The molecule has 8 heteroatoms. The zero-order valence-electron chi connectivity index (χ0n) is 18.2. The van der Waals surface area contributed by atoms with Gasteiger partial charge in [-0.25, -0.2) is 9.97 Å². The number of nitrogens with zero attached hydrogens (tertiary/aromatic N) is 3. The highest BCUT2D eigenvalue weighted by atomic mass is 16.5. The predicted molar refractivity (Wildman–Crippen MR) is 118 cm³/mol. The van der Waals surface area contributed by atoms with Crippen LogP contribution < -0.4 is 23.8 Å². The number of para-hydroxylation sites is 1. The van der Waals surface area contributed by atoms with Gasteiger partial charge in [-0.3, -0.25) is 0 Å². The van der Waals surface area contributed by atoms with Crippen LogP contribution in [0.4, 0.5) is 5.82 Å². The Bertz CT molecular complexity index is 1080. The molecular formula is C23H27N3O5. The molecule has 164 valence electrons. The summed E-state index contributed by atoms with van der Waals surface area (Å²) in [6.45, 7) is 1.24. The Labute approximate surface area is 181 Å². The summed E-state index contributed by atoms with van der Waals surface area (Å²) >= 11 is 0. The van der Waals surface area contributed by atoms with Crippen molar-refractivity contribution < 1.29 is 24.1 Å². The second kappa shape index (κ2) is 8.47. The third-order valence-corrected chi connectivity index (χ3v) is 5.91. The first kappa shape index (κ1) is 21.0. The molecule has 1 N–H and O–H groups in total. The summed E-state index contributed by atoms with van der Waals surface area (Å²) < 4.78 is 22.0. The van der Waals surface area contributed by atoms with Gasteiger partial charge >= 0.3 is 0 Å². The molecule has 3 aromatic rings. The number of fused-ring (bicyclic) bond motifs is 1. The monoisotopic (exact) mass is 425 g/mol. The van der Waals surface area contributed by atoms with Crippen molar-refractivity contribution in [2.75, 3.05) is 46.4 Å². The van der Waals surface area contributed by atoms with Crippen molar-refractivity contribution in [2.24, 2.45) is 0 Å². The van der Waals surface area contributed by atoms with Crippen LogP contribution in [0.5, 0.6) is 23.0 Å². The molecule has 0 amide bonds. The zero-order valence-corrected chi connectivity index (χ0v) is 18.2. The van der Waals surface area contributed by atoms with E-state index in [4.69, 9.17) is 18.9 Å². The van der Waals surface area contributed by atoms with E-state index in [2.05, 4.69) is 14.9 Å². The van der Waals surface area contributed by atoms with Gasteiger partial charge in [0.1, 0.15) is 23.4 Å². The Balaban J connectivity index is 1.70. The second-order valence-electron chi connectivity index (χ2n) is 7.46. The lowest BCUT2D eigenvalue weighted by molar-refractivity contribution is 0.00959. The number of rotatable bonds is 6. The van der Waals surface area contributed by atoms with E-state index in [1.807, 2.05) is 30.3 Å². The summed E-state index contributed by atoms with van der Waals surface area (Å²) in [5.41, 5.74) is 0.512. The first-order chi connectivity index (χ1) is 15.1. The smallest absolute Gasteiger partial charge is 0.205 e. The number of aliphatic hydroxyl groups is 1. The van der Waals surface area contributed by atoms with Gasteiger partial charge in [-0.15, -0.1) is 0 Å². The molecule has 1 saturated heterocycles. The van der Waals surface area contributed by atoms with E-state index in [0.29, 0.717) is 54.4 Å². The minimum absolute atomic E-state index is 0.492. The maximum absolute atomic E-state index is 11.4. The minimum Gasteiger partial charge on any atom is -0.496 e. The molecule has 0 unspecified atom stereocenters. The second-order valence-corrected chi connectivity index (χ2v) is 7.46. The third kappa shape index (κ3) is 3.57. The van der Waals surface area contributed by atoms with Gasteiger partial charge in [0.2, 0.25) is 5.75 Å². The maximum Gasteiger partial charge on any atom is 0.205 e. The van der Waals surface area contributed by atoms with Gasteiger partial charge in [-0.2, -0.15) is 0 Å². The average molecular weight is 425 g/mol. The lowest BCUT2D eigenvalue weighted by atomic mass is 9.84. The number of hydrogen-bond donors (Lipinski definition) is 1. The summed E-state index contributed by atoms with van der Waals surface area (Å²) in [5.74, 6) is 3.01. The molecule has 0 aliphatic carbocycles. The van der Waals surface area contributed by atoms with Crippen molar-refractivity contribution in [2.45, 2.75) is 18.4 Å². The van der Waals surface area contributed by atoms with Crippen LogP contribution in [0.2, 0.25) is 0 Å². The summed E-state index contributed by atoms with van der Waals surface area (Å²) in [7, 11) is 6.35. The van der Waals surface area contributed by atoms with Crippen molar-refractivity contribution in [3.63, 3.8) is 0 Å². The molecule has 8 nitrogen and oxygen atoms in total. The van der Waals surface area contributed by atoms with Crippen LogP contribution in [-0.2, 0) is 5.60 Å². The first-order valence-electron chi connectivity index (χ1n) is 10.1. The van der Waals surface area contributed by atoms with Gasteiger partial charge in [0.15, 0.2) is 11.5 Å². The molecule has 4 rings (SSSR count). The Morgan fingerprint density at radius 3 is 2.19 bits per heavy atom. The van der Waals surface area contributed by atoms with Gasteiger partial charge in [0.25, 0.3) is 0 Å². The van der Waals surface area contributed by atoms with E-state index in [-0.39, 0.29) is 0 Å². The molecule has 1 aliphatic heterocycles. The maximum atomic E-state index is 11.4. The van der Waals surface area contributed by atoms with Crippen molar-refractivity contribution in [1.82, 2.24) is 9.97 Å². The summed E-state index contributed by atoms with van der Waals surface area (Å²) in [5, 5.41) is 12.2. The molecule has 0 bridgehead atoms. The molecule has 1 fully saturated rings. The Hall–Kier alpha value is -3.26. The molecule has 1 aromatic heterocycles. The number of ether oxygens (including phenoxy) is 4. The first-order valence-corrected chi connectivity index (χ1v) is 10.1. The van der Waals surface area contributed by atoms with Gasteiger partial charge < -0.3 is 29.0 Å². The Kier molecular flexibility index (Phi) is 5.73. The van der Waals surface area contributed by atoms with E-state index in [9.17, 15) is 5.11 Å². The molecule has 2 heterocycles. The van der Waals surface area contributed by atoms with Crippen LogP contribution >= 0.6 is 0 Å². The van der Waals surface area contributed by atoms with Crippen LogP contribution in [0.3, 0.4) is 0 Å². The Morgan fingerprint density at radius 1 is 0.871 bits per heavy atom. The standard InChI is InChI=1S/C23H27N3O5/c1-28-17-8-6-5-7-16(17)23(27)9-11-26(12-10-23)22-15-13-18(29-2)20(30-3)21(31-4)19(15)24-14-25-22/h5-8,13-14,27H,9-12H2,1-4H3. The molecule has 31 heavy (non-hydrogen) atoms. The highest BCUT2D eigenvalue weighted by molar-refractivity contribution is 5.97. The van der Waals surface area contributed by atoms with Crippen molar-refractivity contribution in [3.05, 3.63) is 42.2 Å². The number of methoxy groups -OCH3 is 4. The van der Waals surface area contributed by atoms with E-state index < -0.39 is 5.60 Å². The summed E-state index contributed by atoms with van der Waals surface area (Å²) in [6.07, 6.45) is 2.61. The fourth-order valence-corrected chi connectivity index (χ4v) is 4.29. The molecule has 1 aliphatic rings. The third-order valence-electron chi connectivity index (χ3n) is 5.91. The fourth-order valence-electron chi connectivity index (χ4n) is 4.29. The van der Waals surface area contributed by atoms with Gasteiger partial charge in [-0.1, -0.05) is 18.2 Å². The minimum atomic E-state index is -0.954. The summed E-state index contributed by atoms with van der Waals surface area (Å²) in [4.78, 5) is 11.1. The van der Waals surface area contributed by atoms with E-state index in [0.717, 1.165) is 16.8 Å². The van der Waals surface area contributed by atoms with Crippen LogP contribution in [0.1, 0.15) is 18.4 Å². The molecule has 0 atom stereocenters. The Morgan fingerprint density at radius 2 is 1.55 bits per heavy atom. The lowest BCUT2D eigenvalue weighted by Gasteiger charge is -2.39. The fraction of sp³-hybridized carbons (Fsp3) is 0.391. The van der Waals surface area contributed by atoms with Crippen molar-refractivity contribution in [1.29, 1.82) is 0 Å².